The summed E-state index contributed by atoms with van der Waals surface area (Å²) in [5, 5.41) is 2.09. The van der Waals surface area contributed by atoms with E-state index in [4.69, 9.17) is 4.74 Å². The van der Waals surface area contributed by atoms with E-state index in [0.29, 0.717) is 5.75 Å². The van der Waals surface area contributed by atoms with Crippen molar-refractivity contribution in [1.82, 2.24) is 9.97 Å². The van der Waals surface area contributed by atoms with Gasteiger partial charge in [-0.15, -0.1) is 11.3 Å². The molecule has 0 amide bonds. The Morgan fingerprint density at radius 3 is 3.05 bits per heavy atom. The molecule has 1 unspecified atom stereocenters. The van der Waals surface area contributed by atoms with Gasteiger partial charge >= 0.3 is 5.97 Å². The Morgan fingerprint density at radius 2 is 2.29 bits per heavy atom. The van der Waals surface area contributed by atoms with Gasteiger partial charge in [0.15, 0.2) is 0 Å². The average Bonchev–Trinajstić information content (AvgIpc) is 2.80. The van der Waals surface area contributed by atoms with Crippen molar-refractivity contribution >= 4 is 39.3 Å². The lowest BCUT2D eigenvalue weighted by atomic mass is 9.89. The molecule has 0 N–H and O–H groups in total. The first-order valence-electron chi connectivity index (χ1n) is 7.07. The van der Waals surface area contributed by atoms with Crippen LogP contribution in [-0.2, 0) is 22.4 Å². The van der Waals surface area contributed by atoms with Gasteiger partial charge in [-0.1, -0.05) is 18.7 Å². The highest BCUT2D eigenvalue weighted by molar-refractivity contribution is 8.00. The molecule has 1 aliphatic carbocycles. The van der Waals surface area contributed by atoms with Crippen molar-refractivity contribution in [2.24, 2.45) is 5.92 Å². The van der Waals surface area contributed by atoms with Crippen molar-refractivity contribution in [2.45, 2.75) is 38.1 Å². The third-order valence-electron chi connectivity index (χ3n) is 3.79. The Bertz CT molecular complexity index is 697. The number of nitrogens with zero attached hydrogens (tertiary/aromatic N) is 2. The molecule has 0 saturated heterocycles. The molecule has 0 radical (unpaired) electrons. The Balaban J connectivity index is 2.04. The van der Waals surface area contributed by atoms with Crippen LogP contribution in [0.2, 0.25) is 0 Å². The van der Waals surface area contributed by atoms with Gasteiger partial charge in [0.25, 0.3) is 0 Å². The summed E-state index contributed by atoms with van der Waals surface area (Å²) in [5.41, 5.74) is 1.40. The number of aryl methyl sites for hydroxylation is 2. The van der Waals surface area contributed by atoms with Gasteiger partial charge in [0.2, 0.25) is 0 Å². The molecule has 1 aliphatic rings. The predicted octanol–water partition coefficient (Wildman–Crippen LogP) is 3.39. The van der Waals surface area contributed by atoms with Crippen molar-refractivity contribution in [3.8, 4) is 0 Å². The second-order valence-corrected chi connectivity index (χ2v) is 7.52. The lowest BCUT2D eigenvalue weighted by Crippen LogP contribution is -2.09. The molecule has 1 atom stereocenters. The summed E-state index contributed by atoms with van der Waals surface area (Å²) in [6.45, 7) is 4.21. The zero-order valence-electron chi connectivity index (χ0n) is 12.4. The molecule has 0 fully saturated rings. The predicted molar refractivity (Wildman–Crippen MR) is 86.1 cm³/mol. The van der Waals surface area contributed by atoms with E-state index in [0.717, 1.165) is 34.4 Å². The first-order valence-corrected chi connectivity index (χ1v) is 8.87. The van der Waals surface area contributed by atoms with Crippen molar-refractivity contribution in [2.75, 3.05) is 12.9 Å². The maximum Gasteiger partial charge on any atom is 0.316 e. The smallest absolute Gasteiger partial charge is 0.316 e. The monoisotopic (exact) mass is 322 g/mol. The Labute approximate surface area is 132 Å². The number of thioether (sulfide) groups is 1. The van der Waals surface area contributed by atoms with E-state index in [-0.39, 0.29) is 5.97 Å². The van der Waals surface area contributed by atoms with E-state index in [2.05, 4.69) is 16.9 Å². The summed E-state index contributed by atoms with van der Waals surface area (Å²) >= 11 is 3.25. The van der Waals surface area contributed by atoms with Gasteiger partial charge in [-0.3, -0.25) is 4.79 Å². The summed E-state index contributed by atoms with van der Waals surface area (Å²) in [5.74, 6) is 1.58. The number of hydrogen-bond donors (Lipinski definition) is 0. The molecule has 0 aromatic carbocycles. The molecule has 2 aromatic heterocycles. The Hall–Kier alpha value is -1.14. The minimum absolute atomic E-state index is 0.220. The number of esters is 1. The Kier molecular flexibility index (Phi) is 4.17. The summed E-state index contributed by atoms with van der Waals surface area (Å²) < 4.78 is 4.72. The fraction of sp³-hybridized carbons (Fsp3) is 0.533. The number of thiophene rings is 1. The SMILES string of the molecule is COC(=O)CSc1nc(C)nc2sc3c(c12)CCC(C)C3. The molecule has 112 valence electrons. The Morgan fingerprint density at radius 1 is 1.48 bits per heavy atom. The van der Waals surface area contributed by atoms with Crippen molar-refractivity contribution in [3.05, 3.63) is 16.3 Å². The molecule has 21 heavy (non-hydrogen) atoms. The number of hydrogen-bond acceptors (Lipinski definition) is 6. The van der Waals surface area contributed by atoms with Crippen LogP contribution in [0.1, 0.15) is 29.6 Å². The molecule has 2 aromatic rings. The molecular formula is C15H18N2O2S2. The minimum atomic E-state index is -0.220. The highest BCUT2D eigenvalue weighted by Gasteiger charge is 2.23. The molecular weight excluding hydrogens is 304 g/mol. The van der Waals surface area contributed by atoms with E-state index >= 15 is 0 Å². The lowest BCUT2D eigenvalue weighted by Gasteiger charge is -2.18. The van der Waals surface area contributed by atoms with Crippen molar-refractivity contribution in [1.29, 1.82) is 0 Å². The summed E-state index contributed by atoms with van der Waals surface area (Å²) in [6, 6.07) is 0. The van der Waals surface area contributed by atoms with Crippen LogP contribution >= 0.6 is 23.1 Å². The van der Waals surface area contributed by atoms with Crippen LogP contribution in [0.3, 0.4) is 0 Å². The third kappa shape index (κ3) is 2.92. The molecule has 0 saturated carbocycles. The maximum absolute atomic E-state index is 11.4. The van der Waals surface area contributed by atoms with Crippen LogP contribution in [0.5, 0.6) is 0 Å². The number of fused-ring (bicyclic) bond motifs is 3. The van der Waals surface area contributed by atoms with Crippen LogP contribution in [-0.4, -0.2) is 28.8 Å². The lowest BCUT2D eigenvalue weighted by molar-refractivity contribution is -0.137. The van der Waals surface area contributed by atoms with Crippen LogP contribution in [0.4, 0.5) is 0 Å². The van der Waals surface area contributed by atoms with Gasteiger partial charge in [-0.2, -0.15) is 0 Å². The quantitative estimate of drug-likeness (QED) is 0.492. The molecule has 0 aliphatic heterocycles. The number of aromatic nitrogens is 2. The highest BCUT2D eigenvalue weighted by Crippen LogP contribution is 2.40. The molecule has 2 heterocycles. The number of ether oxygens (including phenoxy) is 1. The van der Waals surface area contributed by atoms with E-state index in [1.807, 2.05) is 6.92 Å². The third-order valence-corrected chi connectivity index (χ3v) is 5.89. The van der Waals surface area contributed by atoms with Crippen LogP contribution in [0.15, 0.2) is 5.03 Å². The minimum Gasteiger partial charge on any atom is -0.468 e. The number of methoxy groups -OCH3 is 1. The molecule has 0 bridgehead atoms. The second kappa shape index (κ2) is 5.93. The maximum atomic E-state index is 11.4. The first kappa shape index (κ1) is 14.8. The second-order valence-electron chi connectivity index (χ2n) is 5.47. The first-order chi connectivity index (χ1) is 10.1. The normalized spacial score (nSPS) is 17.8. The van der Waals surface area contributed by atoms with E-state index in [1.165, 1.54) is 41.1 Å². The van der Waals surface area contributed by atoms with Gasteiger partial charge in [0.05, 0.1) is 12.9 Å². The van der Waals surface area contributed by atoms with E-state index < -0.39 is 0 Å². The summed E-state index contributed by atoms with van der Waals surface area (Å²) in [4.78, 5) is 23.1. The number of carbonyl (C=O) groups excluding carboxylic acids is 1. The summed E-state index contributed by atoms with van der Waals surface area (Å²) in [6.07, 6.45) is 3.44. The number of carbonyl (C=O) groups is 1. The van der Waals surface area contributed by atoms with Crippen LogP contribution < -0.4 is 0 Å². The average molecular weight is 322 g/mol. The van der Waals surface area contributed by atoms with Crippen molar-refractivity contribution < 1.29 is 9.53 Å². The van der Waals surface area contributed by atoms with E-state index in [1.54, 1.807) is 11.3 Å². The van der Waals surface area contributed by atoms with Gasteiger partial charge in [0, 0.05) is 10.3 Å². The standard InChI is InChI=1S/C15H18N2O2S2/c1-8-4-5-10-11(6-8)21-15-13(10)14(16-9(2)17-15)20-7-12(18)19-3/h8H,4-7H2,1-3H3. The fourth-order valence-electron chi connectivity index (χ4n) is 2.70. The fourth-order valence-corrected chi connectivity index (χ4v) is 5.13. The van der Waals surface area contributed by atoms with Gasteiger partial charge in [-0.05, 0) is 37.7 Å². The van der Waals surface area contributed by atoms with Crippen molar-refractivity contribution in [3.63, 3.8) is 0 Å². The number of rotatable bonds is 3. The van der Waals surface area contributed by atoms with Gasteiger partial charge < -0.3 is 4.74 Å². The summed E-state index contributed by atoms with van der Waals surface area (Å²) in [7, 11) is 1.41. The van der Waals surface area contributed by atoms with Crippen LogP contribution in [0.25, 0.3) is 10.2 Å². The largest absolute Gasteiger partial charge is 0.468 e. The van der Waals surface area contributed by atoms with E-state index in [9.17, 15) is 4.79 Å². The topological polar surface area (TPSA) is 52.1 Å². The zero-order valence-corrected chi connectivity index (χ0v) is 14.1. The molecule has 6 heteroatoms. The van der Waals surface area contributed by atoms with Crippen LogP contribution in [0, 0.1) is 12.8 Å². The van der Waals surface area contributed by atoms with Gasteiger partial charge in [-0.25, -0.2) is 9.97 Å². The zero-order chi connectivity index (χ0) is 15.0. The van der Waals surface area contributed by atoms with Gasteiger partial charge in [0.1, 0.15) is 15.7 Å². The molecule has 4 nitrogen and oxygen atoms in total. The highest BCUT2D eigenvalue weighted by atomic mass is 32.2. The molecule has 0 spiro atoms. The molecule has 3 rings (SSSR count).